The van der Waals surface area contributed by atoms with Crippen LogP contribution in [0.5, 0.6) is 0 Å². The largest absolute Gasteiger partial charge is 0.346 e. The summed E-state index contributed by atoms with van der Waals surface area (Å²) in [5.74, 6) is -0.279. The Balaban J connectivity index is 1.45. The molecule has 2 N–H and O–H groups in total. The Kier molecular flexibility index (Phi) is 6.59. The van der Waals surface area contributed by atoms with Crippen LogP contribution in [0.1, 0.15) is 11.1 Å². The average Bonchev–Trinajstić information content (AvgIpc) is 2.68. The van der Waals surface area contributed by atoms with Gasteiger partial charge in [-0.2, -0.15) is 0 Å². The number of rotatable bonds is 4. The highest BCUT2D eigenvalue weighted by atomic mass is 32.1. The Morgan fingerprint density at radius 1 is 1.04 bits per heavy atom. The fourth-order valence-electron chi connectivity index (χ4n) is 3.12. The van der Waals surface area contributed by atoms with Gasteiger partial charge in [-0.25, -0.2) is 4.39 Å². The quantitative estimate of drug-likeness (QED) is 0.771. The summed E-state index contributed by atoms with van der Waals surface area (Å²) >= 11 is 5.45. The number of benzene rings is 2. The molecule has 28 heavy (non-hydrogen) atoms. The van der Waals surface area contributed by atoms with Crippen LogP contribution in [-0.2, 0) is 4.79 Å². The van der Waals surface area contributed by atoms with Crippen LogP contribution in [0, 0.1) is 19.7 Å². The van der Waals surface area contributed by atoms with Crippen LogP contribution in [0.4, 0.5) is 15.8 Å². The number of anilines is 2. The van der Waals surface area contributed by atoms with Gasteiger partial charge >= 0.3 is 0 Å². The first-order valence-electron chi connectivity index (χ1n) is 9.32. The van der Waals surface area contributed by atoms with Gasteiger partial charge < -0.3 is 15.5 Å². The molecule has 7 heteroatoms. The van der Waals surface area contributed by atoms with Crippen LogP contribution >= 0.6 is 12.2 Å². The van der Waals surface area contributed by atoms with Crippen molar-refractivity contribution in [2.75, 3.05) is 43.4 Å². The molecule has 0 atom stereocenters. The predicted octanol–water partition coefficient (Wildman–Crippen LogP) is 3.40. The highest BCUT2D eigenvalue weighted by Crippen LogP contribution is 2.18. The summed E-state index contributed by atoms with van der Waals surface area (Å²) in [5.41, 5.74) is 3.89. The van der Waals surface area contributed by atoms with Crippen molar-refractivity contribution in [3.63, 3.8) is 0 Å². The second-order valence-corrected chi connectivity index (χ2v) is 7.38. The van der Waals surface area contributed by atoms with Crippen molar-refractivity contribution in [1.29, 1.82) is 0 Å². The van der Waals surface area contributed by atoms with E-state index in [0.29, 0.717) is 11.7 Å². The molecule has 0 spiro atoms. The Bertz CT molecular complexity index is 848. The number of amides is 1. The minimum atomic E-state index is -0.274. The average molecular weight is 401 g/mol. The van der Waals surface area contributed by atoms with E-state index in [1.807, 2.05) is 32.0 Å². The van der Waals surface area contributed by atoms with E-state index in [1.54, 1.807) is 12.1 Å². The van der Waals surface area contributed by atoms with Crippen LogP contribution in [0.3, 0.4) is 0 Å². The number of carbonyl (C=O) groups excluding carboxylic acids is 1. The van der Waals surface area contributed by atoms with Crippen molar-refractivity contribution >= 4 is 34.6 Å². The van der Waals surface area contributed by atoms with Gasteiger partial charge in [0.05, 0.1) is 6.54 Å². The van der Waals surface area contributed by atoms with E-state index in [1.165, 1.54) is 12.1 Å². The van der Waals surface area contributed by atoms with Crippen LogP contribution in [-0.4, -0.2) is 53.5 Å². The molecular formula is C21H25FN4OS. The van der Waals surface area contributed by atoms with Crippen LogP contribution in [0.25, 0.3) is 0 Å². The summed E-state index contributed by atoms with van der Waals surface area (Å²) < 4.78 is 13.0. The van der Waals surface area contributed by atoms with Gasteiger partial charge in [-0.15, -0.1) is 0 Å². The van der Waals surface area contributed by atoms with E-state index >= 15 is 0 Å². The lowest BCUT2D eigenvalue weighted by Crippen LogP contribution is -2.51. The van der Waals surface area contributed by atoms with Gasteiger partial charge in [0.15, 0.2) is 5.11 Å². The second-order valence-electron chi connectivity index (χ2n) is 7.00. The van der Waals surface area contributed by atoms with Crippen molar-refractivity contribution in [3.8, 4) is 0 Å². The maximum absolute atomic E-state index is 13.0. The number of halogens is 1. The van der Waals surface area contributed by atoms with Crippen molar-refractivity contribution in [3.05, 3.63) is 59.4 Å². The summed E-state index contributed by atoms with van der Waals surface area (Å²) in [6.45, 7) is 7.40. The molecule has 2 aromatic rings. The maximum atomic E-state index is 13.0. The van der Waals surface area contributed by atoms with Gasteiger partial charge in [-0.05, 0) is 67.5 Å². The lowest BCUT2D eigenvalue weighted by atomic mass is 10.1. The number of nitrogens with zero attached hydrogens (tertiary/aromatic N) is 2. The van der Waals surface area contributed by atoms with E-state index in [9.17, 15) is 9.18 Å². The summed E-state index contributed by atoms with van der Waals surface area (Å²) in [6.07, 6.45) is 0. The number of piperazine rings is 1. The van der Waals surface area contributed by atoms with E-state index in [-0.39, 0.29) is 11.7 Å². The molecule has 1 aliphatic heterocycles. The van der Waals surface area contributed by atoms with Gasteiger partial charge in [0.2, 0.25) is 5.91 Å². The third-order valence-electron chi connectivity index (χ3n) is 5.00. The fraction of sp³-hybridized carbons (Fsp3) is 0.333. The number of nitrogens with one attached hydrogen (secondary N) is 2. The summed E-state index contributed by atoms with van der Waals surface area (Å²) in [6, 6.07) is 12.0. The molecular weight excluding hydrogens is 375 g/mol. The Morgan fingerprint density at radius 3 is 2.39 bits per heavy atom. The molecule has 0 saturated carbocycles. The molecule has 0 aliphatic carbocycles. The van der Waals surface area contributed by atoms with E-state index in [0.717, 1.165) is 48.7 Å². The standard InChI is InChI=1S/C21H25FN4OS/c1-15-4-3-5-19(16(15)2)24-20(27)14-25-10-12-26(13-11-25)21(28)23-18-8-6-17(22)7-9-18/h3-9H,10-14H2,1-2H3,(H,23,28)(H,24,27). The minimum Gasteiger partial charge on any atom is -0.346 e. The molecule has 1 heterocycles. The van der Waals surface area contributed by atoms with Crippen molar-refractivity contribution in [2.45, 2.75) is 13.8 Å². The van der Waals surface area contributed by atoms with E-state index < -0.39 is 0 Å². The van der Waals surface area contributed by atoms with Gasteiger partial charge in [-0.3, -0.25) is 9.69 Å². The monoisotopic (exact) mass is 400 g/mol. The first-order chi connectivity index (χ1) is 13.4. The van der Waals surface area contributed by atoms with Gasteiger partial charge in [0.1, 0.15) is 5.82 Å². The van der Waals surface area contributed by atoms with Gasteiger partial charge in [0, 0.05) is 37.6 Å². The highest BCUT2D eigenvalue weighted by molar-refractivity contribution is 7.80. The van der Waals surface area contributed by atoms with Gasteiger partial charge in [-0.1, -0.05) is 12.1 Å². The maximum Gasteiger partial charge on any atom is 0.238 e. The zero-order valence-corrected chi connectivity index (χ0v) is 17.0. The molecule has 2 aromatic carbocycles. The third kappa shape index (κ3) is 5.27. The van der Waals surface area contributed by atoms with Crippen molar-refractivity contribution < 1.29 is 9.18 Å². The SMILES string of the molecule is Cc1cccc(NC(=O)CN2CCN(C(=S)Nc3ccc(F)cc3)CC2)c1C. The smallest absolute Gasteiger partial charge is 0.238 e. The predicted molar refractivity (Wildman–Crippen MR) is 115 cm³/mol. The van der Waals surface area contributed by atoms with Crippen molar-refractivity contribution in [2.24, 2.45) is 0 Å². The molecule has 0 aromatic heterocycles. The molecule has 0 unspecified atom stereocenters. The zero-order valence-electron chi connectivity index (χ0n) is 16.2. The summed E-state index contributed by atoms with van der Waals surface area (Å²) in [5, 5.41) is 6.75. The Hall–Kier alpha value is -2.51. The number of carbonyl (C=O) groups is 1. The first kappa shape index (κ1) is 20.2. The van der Waals surface area contributed by atoms with E-state index in [2.05, 4.69) is 20.4 Å². The second kappa shape index (κ2) is 9.12. The number of hydrogen-bond acceptors (Lipinski definition) is 3. The summed E-state index contributed by atoms with van der Waals surface area (Å²) in [4.78, 5) is 16.6. The van der Waals surface area contributed by atoms with Gasteiger partial charge in [0.25, 0.3) is 0 Å². The molecule has 1 amide bonds. The van der Waals surface area contributed by atoms with Crippen LogP contribution < -0.4 is 10.6 Å². The Labute approximate surface area is 170 Å². The lowest BCUT2D eigenvalue weighted by molar-refractivity contribution is -0.117. The molecule has 1 saturated heterocycles. The minimum absolute atomic E-state index is 0.00540. The third-order valence-corrected chi connectivity index (χ3v) is 5.36. The molecule has 0 radical (unpaired) electrons. The van der Waals surface area contributed by atoms with Crippen molar-refractivity contribution in [1.82, 2.24) is 9.80 Å². The molecule has 0 bridgehead atoms. The normalized spacial score (nSPS) is 14.6. The lowest BCUT2D eigenvalue weighted by Gasteiger charge is -2.35. The number of hydrogen-bond donors (Lipinski definition) is 2. The molecule has 3 rings (SSSR count). The molecule has 1 fully saturated rings. The van der Waals surface area contributed by atoms with Crippen LogP contribution in [0.2, 0.25) is 0 Å². The molecule has 5 nitrogen and oxygen atoms in total. The van der Waals surface area contributed by atoms with E-state index in [4.69, 9.17) is 12.2 Å². The number of thiocarbonyl (C=S) groups is 1. The first-order valence-corrected chi connectivity index (χ1v) is 9.73. The number of aryl methyl sites for hydroxylation is 1. The molecule has 1 aliphatic rings. The summed E-state index contributed by atoms with van der Waals surface area (Å²) in [7, 11) is 0. The van der Waals surface area contributed by atoms with Crippen LogP contribution in [0.15, 0.2) is 42.5 Å². The highest BCUT2D eigenvalue weighted by Gasteiger charge is 2.21. The topological polar surface area (TPSA) is 47.6 Å². The zero-order chi connectivity index (χ0) is 20.1. The molecule has 148 valence electrons. The Morgan fingerprint density at radius 2 is 1.71 bits per heavy atom. The fourth-order valence-corrected chi connectivity index (χ4v) is 3.42.